The van der Waals surface area contributed by atoms with Crippen LogP contribution in [-0.2, 0) is 6.54 Å². The third-order valence-electron chi connectivity index (χ3n) is 1.79. The van der Waals surface area contributed by atoms with Crippen LogP contribution in [-0.4, -0.2) is 16.2 Å². The van der Waals surface area contributed by atoms with Gasteiger partial charge in [-0.05, 0) is 17.7 Å². The molecule has 0 atom stereocenters. The van der Waals surface area contributed by atoms with Gasteiger partial charge in [-0.1, -0.05) is 0 Å². The number of hydrogen-bond acceptors (Lipinski definition) is 4. The fourth-order valence-corrected chi connectivity index (χ4v) is 1.08. The number of aromatic hydroxyl groups is 1. The van der Waals surface area contributed by atoms with Gasteiger partial charge in [0.25, 0.3) is 0 Å². The van der Waals surface area contributed by atoms with Crippen LogP contribution in [0, 0.1) is 11.3 Å². The zero-order chi connectivity index (χ0) is 10.7. The van der Waals surface area contributed by atoms with E-state index in [0.717, 1.165) is 6.07 Å². The lowest BCUT2D eigenvalue weighted by atomic mass is 10.0. The predicted molar refractivity (Wildman–Crippen MR) is 47.7 cm³/mol. The third kappa shape index (κ3) is 1.65. The summed E-state index contributed by atoms with van der Waals surface area (Å²) in [5, 5.41) is 26.6. The topological polar surface area (TPSA) is 107 Å². The van der Waals surface area contributed by atoms with Crippen molar-refractivity contribution < 1.29 is 15.0 Å². The first-order valence-corrected chi connectivity index (χ1v) is 3.79. The number of carbonyl (C=O) groups is 1. The van der Waals surface area contributed by atoms with Gasteiger partial charge in [0, 0.05) is 6.54 Å². The SMILES string of the molecule is N#Cc1cc(C(=O)O)c(O)cc1CN. The Bertz CT molecular complexity index is 421. The van der Waals surface area contributed by atoms with E-state index in [4.69, 9.17) is 16.1 Å². The van der Waals surface area contributed by atoms with Gasteiger partial charge in [-0.15, -0.1) is 0 Å². The van der Waals surface area contributed by atoms with Gasteiger partial charge in [0.2, 0.25) is 0 Å². The minimum atomic E-state index is -1.28. The molecule has 1 aromatic carbocycles. The maximum absolute atomic E-state index is 10.6. The van der Waals surface area contributed by atoms with Gasteiger partial charge in [0.1, 0.15) is 11.3 Å². The summed E-state index contributed by atoms with van der Waals surface area (Å²) in [6.07, 6.45) is 0. The fraction of sp³-hybridized carbons (Fsp3) is 0.111. The van der Waals surface area contributed by atoms with Gasteiger partial charge >= 0.3 is 5.97 Å². The zero-order valence-corrected chi connectivity index (χ0v) is 7.19. The molecule has 4 N–H and O–H groups in total. The molecule has 0 aromatic heterocycles. The van der Waals surface area contributed by atoms with E-state index in [-0.39, 0.29) is 23.4 Å². The van der Waals surface area contributed by atoms with Crippen molar-refractivity contribution in [2.24, 2.45) is 5.73 Å². The first-order valence-electron chi connectivity index (χ1n) is 3.79. The maximum Gasteiger partial charge on any atom is 0.339 e. The molecule has 0 aliphatic carbocycles. The van der Waals surface area contributed by atoms with Gasteiger partial charge in [0.15, 0.2) is 0 Å². The van der Waals surface area contributed by atoms with Gasteiger partial charge < -0.3 is 15.9 Å². The number of nitriles is 1. The molecule has 0 aliphatic rings. The Hall–Kier alpha value is -2.06. The van der Waals surface area contributed by atoms with Crippen molar-refractivity contribution in [3.05, 3.63) is 28.8 Å². The van der Waals surface area contributed by atoms with Crippen molar-refractivity contribution >= 4 is 5.97 Å². The molecule has 0 heterocycles. The monoisotopic (exact) mass is 192 g/mol. The summed E-state index contributed by atoms with van der Waals surface area (Å²) in [5.74, 6) is -1.65. The summed E-state index contributed by atoms with van der Waals surface area (Å²) in [6.45, 7) is 0.0797. The average Bonchev–Trinajstić information content (AvgIpc) is 2.16. The molecule has 5 nitrogen and oxygen atoms in total. The van der Waals surface area contributed by atoms with Crippen molar-refractivity contribution in [3.8, 4) is 11.8 Å². The molecular weight excluding hydrogens is 184 g/mol. The molecular formula is C9H8N2O3. The molecule has 0 aliphatic heterocycles. The van der Waals surface area contributed by atoms with Gasteiger partial charge in [-0.25, -0.2) is 4.79 Å². The summed E-state index contributed by atoms with van der Waals surface area (Å²) in [4.78, 5) is 10.6. The highest BCUT2D eigenvalue weighted by Gasteiger charge is 2.13. The normalized spacial score (nSPS) is 9.43. The molecule has 1 rings (SSSR count). The number of benzene rings is 1. The second kappa shape index (κ2) is 3.77. The molecule has 1 aromatic rings. The van der Waals surface area contributed by atoms with Crippen molar-refractivity contribution in [2.75, 3.05) is 0 Å². The van der Waals surface area contributed by atoms with Crippen LogP contribution in [0.3, 0.4) is 0 Å². The van der Waals surface area contributed by atoms with Crippen LogP contribution < -0.4 is 5.73 Å². The molecule has 0 spiro atoms. The summed E-state index contributed by atoms with van der Waals surface area (Å²) < 4.78 is 0. The van der Waals surface area contributed by atoms with Crippen molar-refractivity contribution in [3.63, 3.8) is 0 Å². The largest absolute Gasteiger partial charge is 0.507 e. The Morgan fingerprint density at radius 2 is 2.21 bits per heavy atom. The van der Waals surface area contributed by atoms with Crippen molar-refractivity contribution in [2.45, 2.75) is 6.54 Å². The van der Waals surface area contributed by atoms with E-state index in [1.54, 1.807) is 0 Å². The molecule has 0 saturated carbocycles. The molecule has 5 heteroatoms. The van der Waals surface area contributed by atoms with E-state index < -0.39 is 5.97 Å². The molecule has 0 fully saturated rings. The highest BCUT2D eigenvalue weighted by molar-refractivity contribution is 5.91. The number of nitrogens with two attached hydrogens (primary N) is 1. The number of carboxylic acids is 1. The lowest BCUT2D eigenvalue weighted by Gasteiger charge is -2.04. The molecule has 0 saturated heterocycles. The standard InChI is InChI=1S/C9H8N2O3/c10-3-5-1-7(9(13)14)8(12)2-6(5)4-11/h1-2,12H,4,11H2,(H,13,14). The number of rotatable bonds is 2. The average molecular weight is 192 g/mol. The Balaban J connectivity index is 3.40. The summed E-state index contributed by atoms with van der Waals surface area (Å²) >= 11 is 0. The maximum atomic E-state index is 10.6. The van der Waals surface area contributed by atoms with Crippen LogP contribution in [0.25, 0.3) is 0 Å². The van der Waals surface area contributed by atoms with Gasteiger partial charge in [-0.3, -0.25) is 0 Å². The fourth-order valence-electron chi connectivity index (χ4n) is 1.08. The van der Waals surface area contributed by atoms with Crippen LogP contribution in [0.4, 0.5) is 0 Å². The zero-order valence-electron chi connectivity index (χ0n) is 7.19. The van der Waals surface area contributed by atoms with Gasteiger partial charge in [-0.2, -0.15) is 5.26 Å². The Labute approximate surface area is 80.0 Å². The van der Waals surface area contributed by atoms with Crippen molar-refractivity contribution in [1.29, 1.82) is 5.26 Å². The first-order chi connectivity index (χ1) is 6.60. The lowest BCUT2D eigenvalue weighted by molar-refractivity contribution is 0.0693. The highest BCUT2D eigenvalue weighted by atomic mass is 16.4. The summed E-state index contributed by atoms with van der Waals surface area (Å²) in [5.41, 5.74) is 5.61. The Kier molecular flexibility index (Phi) is 2.70. The van der Waals surface area contributed by atoms with Crippen molar-refractivity contribution in [1.82, 2.24) is 0 Å². The molecule has 14 heavy (non-hydrogen) atoms. The summed E-state index contributed by atoms with van der Waals surface area (Å²) in [7, 11) is 0. The quantitative estimate of drug-likeness (QED) is 0.629. The Morgan fingerprint density at radius 3 is 2.64 bits per heavy atom. The van der Waals surface area contributed by atoms with Crippen LogP contribution in [0.1, 0.15) is 21.5 Å². The van der Waals surface area contributed by atoms with Crippen LogP contribution >= 0.6 is 0 Å². The Morgan fingerprint density at radius 1 is 1.57 bits per heavy atom. The van der Waals surface area contributed by atoms with Crippen LogP contribution in [0.5, 0.6) is 5.75 Å². The van der Waals surface area contributed by atoms with E-state index >= 15 is 0 Å². The van der Waals surface area contributed by atoms with E-state index in [1.165, 1.54) is 6.07 Å². The number of aromatic carboxylic acids is 1. The number of hydrogen-bond donors (Lipinski definition) is 3. The van der Waals surface area contributed by atoms with E-state index in [0.29, 0.717) is 5.56 Å². The van der Waals surface area contributed by atoms with E-state index in [1.807, 2.05) is 6.07 Å². The number of nitrogens with zero attached hydrogens (tertiary/aromatic N) is 1. The second-order valence-corrected chi connectivity index (χ2v) is 2.65. The third-order valence-corrected chi connectivity index (χ3v) is 1.79. The molecule has 0 amide bonds. The minimum absolute atomic E-state index is 0.0797. The predicted octanol–water partition coefficient (Wildman–Crippen LogP) is 0.421. The number of phenols is 1. The van der Waals surface area contributed by atoms with Crippen LogP contribution in [0.2, 0.25) is 0 Å². The number of carboxylic acid groups (broad SMARTS) is 1. The summed E-state index contributed by atoms with van der Waals surface area (Å²) in [6, 6.07) is 4.12. The molecule has 0 unspecified atom stereocenters. The van der Waals surface area contributed by atoms with Gasteiger partial charge in [0.05, 0.1) is 11.6 Å². The van der Waals surface area contributed by atoms with E-state index in [2.05, 4.69) is 0 Å². The second-order valence-electron chi connectivity index (χ2n) is 2.65. The molecule has 72 valence electrons. The smallest absolute Gasteiger partial charge is 0.339 e. The first kappa shape index (κ1) is 10.0. The molecule has 0 radical (unpaired) electrons. The molecule has 0 bridgehead atoms. The van der Waals surface area contributed by atoms with Crippen LogP contribution in [0.15, 0.2) is 12.1 Å². The highest BCUT2D eigenvalue weighted by Crippen LogP contribution is 2.22. The lowest BCUT2D eigenvalue weighted by Crippen LogP contribution is -2.03. The van der Waals surface area contributed by atoms with E-state index in [9.17, 15) is 9.90 Å². The minimum Gasteiger partial charge on any atom is -0.507 e.